The summed E-state index contributed by atoms with van der Waals surface area (Å²) in [5.41, 5.74) is 13.2. The number of fused-ring (bicyclic) bond motifs is 3. The van der Waals surface area contributed by atoms with Crippen molar-refractivity contribution in [1.82, 2.24) is 9.80 Å². The van der Waals surface area contributed by atoms with Gasteiger partial charge in [0.1, 0.15) is 11.2 Å². The maximum absolute atomic E-state index is 16.3. The van der Waals surface area contributed by atoms with Gasteiger partial charge in [-0.1, -0.05) is 107 Å². The van der Waals surface area contributed by atoms with Gasteiger partial charge >= 0.3 is 11.9 Å². The second-order valence-corrected chi connectivity index (χ2v) is 24.7. The number of nitrogens with two attached hydrogens (primary N) is 1. The molecule has 1 aromatic carbocycles. The third-order valence-electron chi connectivity index (χ3n) is 22.0. The highest BCUT2D eigenvalue weighted by Gasteiger charge is 2.94. The standard InChI is InChI=1S/C58H75N3O5/c1-33-24-40-19-20-46-41-25-35-30-60(32-41)42(26-34-10-4-2-5-11-34)29-47(62)53-56-22-21-43-50(52(40)61(46)31-35)44(33)27-39-18-17-38(36-12-6-3-7-13-36)28-48(57(56,51(39)43)55(64)65-53)58(56)45-16-8-14-37(15-9-23-59)49(45)54(63)66-58/h8,14,16,27,33-36,38,41-42,44,46,48,50,62H,2-7,9-13,15,17-26,28-32,59H2,1H3. The minimum atomic E-state index is -1.12. The number of allylic oxidation sites excluding steroid dienone is 4. The quantitative estimate of drug-likeness (QED) is 0.272. The molecule has 9 aliphatic heterocycles. The van der Waals surface area contributed by atoms with E-state index in [1.54, 1.807) is 11.3 Å². The lowest BCUT2D eigenvalue weighted by atomic mass is 9.27. The summed E-state index contributed by atoms with van der Waals surface area (Å²) < 4.78 is 14.5. The van der Waals surface area contributed by atoms with Gasteiger partial charge in [0, 0.05) is 61.2 Å². The second kappa shape index (κ2) is 15.1. The molecule has 3 N–H and O–H groups in total. The van der Waals surface area contributed by atoms with Gasteiger partial charge in [0.15, 0.2) is 11.4 Å². The Morgan fingerprint density at radius 3 is 2.55 bits per heavy atom. The molecule has 3 spiro atoms. The SMILES string of the molecule is CC1CC2=C3C4C5=C6C(=CC14)CCC(C1CCCCC1)CC1C64C(=O)OC(=C(O)CC(CC6CCCCC6)N6CC7CC(C6)C(CC2)N3C7)C4(CC5)C12OC(=O)c1c(CCCN)cccc12. The van der Waals surface area contributed by atoms with Gasteiger partial charge in [0.05, 0.1) is 11.0 Å². The molecule has 0 amide bonds. The number of hydrogen-bond donors (Lipinski definition) is 2. The van der Waals surface area contributed by atoms with Crippen molar-refractivity contribution in [1.29, 1.82) is 0 Å². The predicted octanol–water partition coefficient (Wildman–Crippen LogP) is 11.0. The lowest BCUT2D eigenvalue weighted by molar-refractivity contribution is -0.281. The molecule has 13 atom stereocenters. The van der Waals surface area contributed by atoms with Crippen molar-refractivity contribution < 1.29 is 24.2 Å². The van der Waals surface area contributed by atoms with E-state index in [1.165, 1.54) is 107 Å². The zero-order valence-corrected chi connectivity index (χ0v) is 39.8. The minimum Gasteiger partial charge on any atom is -0.509 e. The van der Waals surface area contributed by atoms with Gasteiger partial charge in [-0.05, 0) is 142 Å². The van der Waals surface area contributed by atoms with Crippen LogP contribution in [0.4, 0.5) is 0 Å². The number of carbonyl (C=O) groups is 2. The van der Waals surface area contributed by atoms with Crippen LogP contribution >= 0.6 is 0 Å². The molecular formula is C58H75N3O5. The maximum Gasteiger partial charge on any atom is 0.339 e. The summed E-state index contributed by atoms with van der Waals surface area (Å²) >= 11 is 0. The Kier molecular flexibility index (Phi) is 9.50. The molecule has 352 valence electrons. The van der Waals surface area contributed by atoms with Gasteiger partial charge in [0.25, 0.3) is 0 Å². The highest BCUT2D eigenvalue weighted by molar-refractivity contribution is 6.01. The Labute approximate surface area is 393 Å². The summed E-state index contributed by atoms with van der Waals surface area (Å²) in [6.07, 6.45) is 27.9. The van der Waals surface area contributed by atoms with Crippen molar-refractivity contribution in [3.63, 3.8) is 0 Å². The summed E-state index contributed by atoms with van der Waals surface area (Å²) in [6, 6.07) is 7.14. The zero-order chi connectivity index (χ0) is 44.3. The monoisotopic (exact) mass is 894 g/mol. The normalized spacial score (nSPS) is 43.4. The highest BCUT2D eigenvalue weighted by Crippen LogP contribution is 2.88. The van der Waals surface area contributed by atoms with Crippen molar-refractivity contribution in [2.24, 2.45) is 69.8 Å². The van der Waals surface area contributed by atoms with Crippen LogP contribution in [0, 0.1) is 64.1 Å². The van der Waals surface area contributed by atoms with Crippen LogP contribution in [0.3, 0.4) is 0 Å². The van der Waals surface area contributed by atoms with Crippen LogP contribution in [0.5, 0.6) is 0 Å². The smallest absolute Gasteiger partial charge is 0.339 e. The summed E-state index contributed by atoms with van der Waals surface area (Å²) in [5, 5.41) is 13.4. The second-order valence-electron chi connectivity index (χ2n) is 24.7. The fraction of sp³-hybridized carbons (Fsp3) is 0.724. The van der Waals surface area contributed by atoms with Crippen LogP contribution in [0.15, 0.2) is 63.8 Å². The van der Waals surface area contributed by atoms with Crippen molar-refractivity contribution in [2.75, 3.05) is 26.2 Å². The number of nitrogens with zero attached hydrogens (tertiary/aromatic N) is 2. The molecule has 3 saturated heterocycles. The summed E-state index contributed by atoms with van der Waals surface area (Å²) in [4.78, 5) is 37.2. The van der Waals surface area contributed by atoms with Crippen molar-refractivity contribution in [3.8, 4) is 0 Å². The topological polar surface area (TPSA) is 105 Å². The van der Waals surface area contributed by atoms with Crippen LogP contribution in [-0.4, -0.2) is 65.1 Å². The van der Waals surface area contributed by atoms with Crippen LogP contribution in [-0.2, 0) is 26.3 Å². The van der Waals surface area contributed by atoms with Crippen LogP contribution < -0.4 is 5.73 Å². The predicted molar refractivity (Wildman–Crippen MR) is 254 cm³/mol. The maximum atomic E-state index is 16.3. The molecule has 4 saturated carbocycles. The zero-order valence-electron chi connectivity index (χ0n) is 39.8. The van der Waals surface area contributed by atoms with Crippen molar-refractivity contribution >= 4 is 11.9 Å². The minimum absolute atomic E-state index is 0.165. The molecule has 0 aromatic heterocycles. The Morgan fingerprint density at radius 2 is 1.71 bits per heavy atom. The molecule has 8 heteroatoms. The first-order valence-corrected chi connectivity index (χ1v) is 27.6. The Bertz CT molecular complexity index is 2380. The van der Waals surface area contributed by atoms with E-state index in [2.05, 4.69) is 41.0 Å². The van der Waals surface area contributed by atoms with E-state index in [1.807, 2.05) is 0 Å². The van der Waals surface area contributed by atoms with E-state index < -0.39 is 16.4 Å². The number of aliphatic hydroxyl groups excluding tert-OH is 1. The van der Waals surface area contributed by atoms with E-state index in [0.29, 0.717) is 84.6 Å². The molecule has 0 radical (unpaired) electrons. The van der Waals surface area contributed by atoms with E-state index in [0.717, 1.165) is 69.3 Å². The Balaban J connectivity index is 1.04. The molecule has 7 aliphatic carbocycles. The average molecular weight is 894 g/mol. The summed E-state index contributed by atoms with van der Waals surface area (Å²) in [7, 11) is 0. The van der Waals surface area contributed by atoms with Crippen LogP contribution in [0.1, 0.15) is 170 Å². The number of aliphatic hydroxyl groups is 1. The molecule has 17 rings (SSSR count). The first kappa shape index (κ1) is 41.6. The van der Waals surface area contributed by atoms with E-state index in [4.69, 9.17) is 15.2 Å². The van der Waals surface area contributed by atoms with Crippen LogP contribution in [0.25, 0.3) is 0 Å². The average Bonchev–Trinajstić information content (AvgIpc) is 3.78. The van der Waals surface area contributed by atoms with Gasteiger partial charge in [-0.2, -0.15) is 0 Å². The summed E-state index contributed by atoms with van der Waals surface area (Å²) in [5.74, 6) is 4.12. The molecule has 7 fully saturated rings. The number of piperidine rings is 2. The first-order chi connectivity index (χ1) is 32.3. The number of benzene rings is 1. The Hall–Kier alpha value is -3.36. The largest absolute Gasteiger partial charge is 0.509 e. The van der Waals surface area contributed by atoms with Gasteiger partial charge in [-0.15, -0.1) is 0 Å². The lowest BCUT2D eigenvalue weighted by Gasteiger charge is -2.72. The third-order valence-corrected chi connectivity index (χ3v) is 22.0. The number of aryl methyl sites for hydroxylation is 1. The van der Waals surface area contributed by atoms with E-state index >= 15 is 9.59 Å². The van der Waals surface area contributed by atoms with Crippen LogP contribution in [0.2, 0.25) is 0 Å². The first-order valence-electron chi connectivity index (χ1n) is 27.6. The fourth-order valence-corrected chi connectivity index (χ4v) is 19.7. The van der Waals surface area contributed by atoms with Gasteiger partial charge < -0.3 is 25.2 Å². The number of carbonyl (C=O) groups excluding carboxylic acids is 2. The molecular weight excluding hydrogens is 819 g/mol. The van der Waals surface area contributed by atoms with Gasteiger partial charge in [-0.25, -0.2) is 4.79 Å². The Morgan fingerprint density at radius 1 is 0.879 bits per heavy atom. The van der Waals surface area contributed by atoms with Gasteiger partial charge in [-0.3, -0.25) is 9.69 Å². The molecule has 1 aromatic rings. The molecule has 9 heterocycles. The molecule has 8 nitrogen and oxygen atoms in total. The van der Waals surface area contributed by atoms with Crippen molar-refractivity contribution in [2.45, 2.75) is 172 Å². The fourth-order valence-electron chi connectivity index (χ4n) is 19.7. The van der Waals surface area contributed by atoms with E-state index in [9.17, 15) is 5.11 Å². The highest BCUT2D eigenvalue weighted by atomic mass is 16.6. The van der Waals surface area contributed by atoms with E-state index in [-0.39, 0.29) is 35.6 Å². The number of hydrogen-bond acceptors (Lipinski definition) is 8. The lowest BCUT2D eigenvalue weighted by Crippen LogP contribution is -2.77. The van der Waals surface area contributed by atoms with Crippen molar-refractivity contribution in [3.05, 3.63) is 80.5 Å². The molecule has 66 heavy (non-hydrogen) atoms. The number of esters is 2. The molecule has 16 aliphatic rings. The number of ether oxygens (including phenoxy) is 2. The van der Waals surface area contributed by atoms with Gasteiger partial charge in [0.2, 0.25) is 0 Å². The number of rotatable bonds is 6. The molecule has 13 unspecified atom stereocenters. The third kappa shape index (κ3) is 5.30. The molecule has 12 bridgehead atoms. The summed E-state index contributed by atoms with van der Waals surface area (Å²) in [6.45, 7) is 6.39.